The second-order valence-electron chi connectivity index (χ2n) is 9.41. The fourth-order valence-electron chi connectivity index (χ4n) is 6.24. The number of aryl methyl sites for hydroxylation is 2. The summed E-state index contributed by atoms with van der Waals surface area (Å²) < 4.78 is -0.678. The molecule has 0 saturated carbocycles. The number of amides is 3. The summed E-state index contributed by atoms with van der Waals surface area (Å²) in [5.74, 6) is -1.46. The van der Waals surface area contributed by atoms with Gasteiger partial charge in [-0.25, -0.2) is 0 Å². The topological polar surface area (TPSA) is 98.7 Å². The SMILES string of the molecule is CC[C@@H](CO)N1C(=O)[C@@H]2[C@@H](C(=O)NC)[C@H]3CC(C)C2(S3)C1C(=O)Nc1c(C)cccc1C. The van der Waals surface area contributed by atoms with Crippen molar-refractivity contribution >= 4 is 35.2 Å². The lowest BCUT2D eigenvalue weighted by Gasteiger charge is -2.40. The average Bonchev–Trinajstić information content (AvgIpc) is 3.35. The molecular formula is C24H33N3O4S. The Hall–Kier alpha value is -2.06. The van der Waals surface area contributed by atoms with Gasteiger partial charge < -0.3 is 20.6 Å². The Labute approximate surface area is 193 Å². The first-order chi connectivity index (χ1) is 15.2. The maximum absolute atomic E-state index is 13.9. The van der Waals surface area contributed by atoms with E-state index in [1.807, 2.05) is 39.0 Å². The van der Waals surface area contributed by atoms with Gasteiger partial charge in [-0.15, -0.1) is 11.8 Å². The molecule has 7 atom stereocenters. The number of nitrogens with zero attached hydrogens (tertiary/aromatic N) is 1. The van der Waals surface area contributed by atoms with Crippen molar-refractivity contribution in [3.8, 4) is 0 Å². The molecule has 1 aromatic rings. The van der Waals surface area contributed by atoms with Crippen LogP contribution in [0.15, 0.2) is 18.2 Å². The van der Waals surface area contributed by atoms with Crippen molar-refractivity contribution in [3.63, 3.8) is 0 Å². The first-order valence-electron chi connectivity index (χ1n) is 11.4. The van der Waals surface area contributed by atoms with Crippen molar-refractivity contribution < 1.29 is 19.5 Å². The normalized spacial score (nSPS) is 33.9. The lowest BCUT2D eigenvalue weighted by atomic mass is 9.66. The first kappa shape index (κ1) is 23.1. The van der Waals surface area contributed by atoms with Crippen molar-refractivity contribution in [2.75, 3.05) is 19.0 Å². The van der Waals surface area contributed by atoms with E-state index in [0.29, 0.717) is 6.42 Å². The van der Waals surface area contributed by atoms with Gasteiger partial charge >= 0.3 is 0 Å². The van der Waals surface area contributed by atoms with Crippen LogP contribution in [0.3, 0.4) is 0 Å². The van der Waals surface area contributed by atoms with Crippen LogP contribution in [0.2, 0.25) is 0 Å². The van der Waals surface area contributed by atoms with Crippen molar-refractivity contribution in [2.45, 2.75) is 62.6 Å². The number of aliphatic hydroxyl groups is 1. The van der Waals surface area contributed by atoms with E-state index in [4.69, 9.17) is 0 Å². The zero-order chi connectivity index (χ0) is 23.4. The van der Waals surface area contributed by atoms with E-state index < -0.39 is 28.7 Å². The Balaban J connectivity index is 1.81. The molecule has 4 rings (SSSR count). The molecule has 3 aliphatic heterocycles. The third kappa shape index (κ3) is 3.10. The van der Waals surface area contributed by atoms with Gasteiger partial charge in [0.1, 0.15) is 6.04 Å². The van der Waals surface area contributed by atoms with Crippen LogP contribution in [0.25, 0.3) is 0 Å². The molecule has 0 aromatic heterocycles. The van der Waals surface area contributed by atoms with Gasteiger partial charge in [-0.05, 0) is 43.7 Å². The number of hydrogen-bond donors (Lipinski definition) is 3. The average molecular weight is 460 g/mol. The molecule has 3 unspecified atom stereocenters. The standard InChI is InChI=1S/C24H33N3O4S/c1-6-15(11-28)27-20(22(30)26-19-12(2)8-7-9-13(19)3)24-14(4)10-16(32-24)17(21(29)25-5)18(24)23(27)31/h7-9,14-18,20,28H,6,10-11H2,1-5H3,(H,25,29)(H,26,30)/t14?,15-,16+,17-,18-,20?,24?/m0/s1. The van der Waals surface area contributed by atoms with Crippen LogP contribution in [-0.2, 0) is 14.4 Å². The Bertz CT molecular complexity index is 929. The highest BCUT2D eigenvalue weighted by Gasteiger charge is 2.76. The minimum Gasteiger partial charge on any atom is -0.394 e. The Morgan fingerprint density at radius 2 is 1.94 bits per heavy atom. The molecule has 0 radical (unpaired) electrons. The molecule has 8 heteroatoms. The van der Waals surface area contributed by atoms with Gasteiger partial charge in [-0.3, -0.25) is 14.4 Å². The fourth-order valence-corrected chi connectivity index (χ4v) is 8.64. The lowest BCUT2D eigenvalue weighted by molar-refractivity contribution is -0.142. The molecular weight excluding hydrogens is 426 g/mol. The monoisotopic (exact) mass is 459 g/mol. The van der Waals surface area contributed by atoms with Crippen LogP contribution in [0.5, 0.6) is 0 Å². The number of benzene rings is 1. The summed E-state index contributed by atoms with van der Waals surface area (Å²) in [6.45, 7) is 7.68. The summed E-state index contributed by atoms with van der Waals surface area (Å²) >= 11 is 1.64. The number of carbonyl (C=O) groups is 3. The summed E-state index contributed by atoms with van der Waals surface area (Å²) in [7, 11) is 1.60. The van der Waals surface area contributed by atoms with Crippen LogP contribution >= 0.6 is 11.8 Å². The number of rotatable bonds is 6. The molecule has 3 aliphatic rings. The van der Waals surface area contributed by atoms with Crippen LogP contribution in [0.4, 0.5) is 5.69 Å². The number of hydrogen-bond acceptors (Lipinski definition) is 5. The van der Waals surface area contributed by atoms with Crippen molar-refractivity contribution in [1.29, 1.82) is 0 Å². The third-order valence-electron chi connectivity index (χ3n) is 7.79. The lowest BCUT2D eigenvalue weighted by Crippen LogP contribution is -2.57. The van der Waals surface area contributed by atoms with Gasteiger partial charge in [0.05, 0.1) is 29.2 Å². The number of carbonyl (C=O) groups excluding carboxylic acids is 3. The van der Waals surface area contributed by atoms with Gasteiger partial charge in [0.2, 0.25) is 17.7 Å². The molecule has 3 N–H and O–H groups in total. The van der Waals surface area contributed by atoms with E-state index in [1.54, 1.807) is 23.7 Å². The van der Waals surface area contributed by atoms with E-state index in [2.05, 4.69) is 17.6 Å². The summed E-state index contributed by atoms with van der Waals surface area (Å²) in [6, 6.07) is 4.64. The molecule has 0 aliphatic carbocycles. The van der Waals surface area contributed by atoms with Gasteiger partial charge in [0, 0.05) is 18.0 Å². The van der Waals surface area contributed by atoms with Gasteiger partial charge in [0.15, 0.2) is 0 Å². The summed E-state index contributed by atoms with van der Waals surface area (Å²) in [6.07, 6.45) is 1.33. The minimum atomic E-state index is -0.740. The Morgan fingerprint density at radius 1 is 1.28 bits per heavy atom. The van der Waals surface area contributed by atoms with Crippen LogP contribution in [0, 0.1) is 31.6 Å². The summed E-state index contributed by atoms with van der Waals surface area (Å²) in [4.78, 5) is 42.2. The third-order valence-corrected chi connectivity index (χ3v) is 9.86. The maximum Gasteiger partial charge on any atom is 0.248 e. The molecule has 174 valence electrons. The number of aliphatic hydroxyl groups excluding tert-OH is 1. The zero-order valence-corrected chi connectivity index (χ0v) is 20.2. The number of fused-ring (bicyclic) bond motifs is 1. The molecule has 1 spiro atoms. The fraction of sp³-hybridized carbons (Fsp3) is 0.625. The minimum absolute atomic E-state index is 0.0192. The zero-order valence-electron chi connectivity index (χ0n) is 19.3. The van der Waals surface area contributed by atoms with Crippen molar-refractivity contribution in [2.24, 2.45) is 17.8 Å². The number of anilines is 1. The van der Waals surface area contributed by atoms with Crippen molar-refractivity contribution in [1.82, 2.24) is 10.2 Å². The van der Waals surface area contributed by atoms with E-state index in [0.717, 1.165) is 23.2 Å². The van der Waals surface area contributed by atoms with Crippen LogP contribution in [0.1, 0.15) is 37.8 Å². The molecule has 7 nitrogen and oxygen atoms in total. The largest absolute Gasteiger partial charge is 0.394 e. The number of nitrogens with one attached hydrogen (secondary N) is 2. The highest BCUT2D eigenvalue weighted by molar-refractivity contribution is 8.02. The van der Waals surface area contributed by atoms with E-state index >= 15 is 0 Å². The van der Waals surface area contributed by atoms with E-state index in [-0.39, 0.29) is 35.5 Å². The Morgan fingerprint density at radius 3 is 2.50 bits per heavy atom. The van der Waals surface area contributed by atoms with Gasteiger partial charge in [-0.2, -0.15) is 0 Å². The maximum atomic E-state index is 13.9. The first-order valence-corrected chi connectivity index (χ1v) is 12.3. The summed E-state index contributed by atoms with van der Waals surface area (Å²) in [5, 5.41) is 16.0. The second-order valence-corrected chi connectivity index (χ2v) is 11.0. The second kappa shape index (κ2) is 8.37. The van der Waals surface area contributed by atoms with E-state index in [9.17, 15) is 19.5 Å². The molecule has 3 amide bonds. The molecule has 32 heavy (non-hydrogen) atoms. The molecule has 1 aromatic carbocycles. The Kier molecular flexibility index (Phi) is 6.05. The predicted octanol–water partition coefficient (Wildman–Crippen LogP) is 2.10. The molecule has 3 fully saturated rings. The highest BCUT2D eigenvalue weighted by Crippen LogP contribution is 2.68. The number of para-hydroxylation sites is 1. The molecule has 3 heterocycles. The predicted molar refractivity (Wildman–Crippen MR) is 125 cm³/mol. The van der Waals surface area contributed by atoms with Crippen molar-refractivity contribution in [3.05, 3.63) is 29.3 Å². The van der Waals surface area contributed by atoms with E-state index in [1.165, 1.54) is 0 Å². The van der Waals surface area contributed by atoms with Crippen LogP contribution in [-0.4, -0.2) is 63.5 Å². The van der Waals surface area contributed by atoms with Crippen LogP contribution < -0.4 is 10.6 Å². The molecule has 3 saturated heterocycles. The van der Waals surface area contributed by atoms with Gasteiger partial charge in [0.25, 0.3) is 0 Å². The smallest absolute Gasteiger partial charge is 0.248 e. The highest BCUT2D eigenvalue weighted by atomic mass is 32.2. The van der Waals surface area contributed by atoms with Gasteiger partial charge in [-0.1, -0.05) is 32.0 Å². The number of likely N-dealkylation sites (tertiary alicyclic amines) is 1. The molecule has 2 bridgehead atoms. The quantitative estimate of drug-likeness (QED) is 0.605. The number of thioether (sulfide) groups is 1. The summed E-state index contributed by atoms with van der Waals surface area (Å²) in [5.41, 5.74) is 2.67.